The number of nitrogens with zero attached hydrogens (tertiary/aromatic N) is 4. The molecule has 1 aliphatic rings. The summed E-state index contributed by atoms with van der Waals surface area (Å²) in [4.78, 5) is 44.2. The maximum absolute atomic E-state index is 12.2. The van der Waals surface area contributed by atoms with Crippen LogP contribution in [0.4, 0.5) is 0 Å². The zero-order valence-corrected chi connectivity index (χ0v) is 20.3. The summed E-state index contributed by atoms with van der Waals surface area (Å²) < 4.78 is 0. The molecule has 2 aromatic carbocycles. The summed E-state index contributed by atoms with van der Waals surface area (Å²) in [6.07, 6.45) is 0. The number of aromatic nitrogens is 4. The van der Waals surface area contributed by atoms with Gasteiger partial charge in [0.2, 0.25) is 0 Å². The quantitative estimate of drug-likeness (QED) is 0.285. The Balaban J connectivity index is 1.04. The lowest BCUT2D eigenvalue weighted by Crippen LogP contribution is -2.47. The highest BCUT2D eigenvalue weighted by atomic mass is 32.2. The van der Waals surface area contributed by atoms with Gasteiger partial charge in [0.25, 0.3) is 11.1 Å². The van der Waals surface area contributed by atoms with Crippen LogP contribution in [0.2, 0.25) is 0 Å². The van der Waals surface area contributed by atoms with E-state index in [0.717, 1.165) is 61.8 Å². The highest BCUT2D eigenvalue weighted by Gasteiger charge is 2.17. The van der Waals surface area contributed by atoms with Crippen LogP contribution in [-0.4, -0.2) is 80.5 Å². The van der Waals surface area contributed by atoms with Crippen molar-refractivity contribution in [2.75, 3.05) is 50.8 Å². The molecule has 176 valence electrons. The molecule has 3 heterocycles. The van der Waals surface area contributed by atoms with Crippen molar-refractivity contribution < 1.29 is 0 Å². The van der Waals surface area contributed by atoms with Gasteiger partial charge in [-0.2, -0.15) is 0 Å². The van der Waals surface area contributed by atoms with E-state index in [1.807, 2.05) is 36.4 Å². The van der Waals surface area contributed by atoms with Crippen LogP contribution in [0.1, 0.15) is 0 Å². The number of rotatable bonds is 8. The Morgan fingerprint density at radius 1 is 0.676 bits per heavy atom. The van der Waals surface area contributed by atoms with Gasteiger partial charge in [-0.3, -0.25) is 19.4 Å². The lowest BCUT2D eigenvalue weighted by atomic mass is 10.2. The minimum absolute atomic E-state index is 0.0810. The first-order chi connectivity index (χ1) is 16.7. The monoisotopic (exact) mass is 494 g/mol. The molecular formula is C24H26N6O2S2. The maximum Gasteiger partial charge on any atom is 0.259 e. The van der Waals surface area contributed by atoms with Gasteiger partial charge in [0.15, 0.2) is 10.3 Å². The third kappa shape index (κ3) is 5.52. The van der Waals surface area contributed by atoms with Gasteiger partial charge in [-0.15, -0.1) is 0 Å². The topological polar surface area (TPSA) is 98.0 Å². The summed E-state index contributed by atoms with van der Waals surface area (Å²) in [7, 11) is 0. The number of hydrogen-bond acceptors (Lipinski definition) is 8. The first-order valence-corrected chi connectivity index (χ1v) is 13.3. The molecule has 1 saturated heterocycles. The van der Waals surface area contributed by atoms with Crippen molar-refractivity contribution >= 4 is 45.3 Å². The van der Waals surface area contributed by atoms with Crippen LogP contribution >= 0.6 is 23.5 Å². The Bertz CT molecular complexity index is 1290. The third-order valence-corrected chi connectivity index (χ3v) is 7.65. The van der Waals surface area contributed by atoms with E-state index in [1.54, 1.807) is 35.7 Å². The van der Waals surface area contributed by atoms with E-state index in [-0.39, 0.29) is 11.1 Å². The van der Waals surface area contributed by atoms with Crippen molar-refractivity contribution in [2.24, 2.45) is 0 Å². The lowest BCUT2D eigenvalue weighted by molar-refractivity contribution is 0.144. The van der Waals surface area contributed by atoms with Gasteiger partial charge in [-0.25, -0.2) is 9.97 Å². The summed E-state index contributed by atoms with van der Waals surface area (Å²) >= 11 is 3.19. The van der Waals surface area contributed by atoms with Crippen LogP contribution in [-0.2, 0) is 0 Å². The number of para-hydroxylation sites is 2. The van der Waals surface area contributed by atoms with Crippen LogP contribution in [0.15, 0.2) is 68.4 Å². The molecule has 5 rings (SSSR count). The number of H-pyrrole nitrogens is 2. The molecule has 34 heavy (non-hydrogen) atoms. The Morgan fingerprint density at radius 2 is 1.09 bits per heavy atom. The fourth-order valence-electron chi connectivity index (χ4n) is 4.05. The molecule has 10 heteroatoms. The van der Waals surface area contributed by atoms with Gasteiger partial charge in [-0.05, 0) is 24.3 Å². The fraction of sp³-hybridized carbons (Fsp3) is 0.333. The second-order valence-corrected chi connectivity index (χ2v) is 10.3. The molecule has 0 bridgehead atoms. The number of benzene rings is 2. The minimum atomic E-state index is -0.0810. The number of fused-ring (bicyclic) bond motifs is 2. The van der Waals surface area contributed by atoms with Crippen LogP contribution in [0.5, 0.6) is 0 Å². The summed E-state index contributed by atoms with van der Waals surface area (Å²) in [6.45, 7) is 6.03. The van der Waals surface area contributed by atoms with E-state index >= 15 is 0 Å². The molecule has 8 nitrogen and oxygen atoms in total. The van der Waals surface area contributed by atoms with Gasteiger partial charge >= 0.3 is 0 Å². The molecular weight excluding hydrogens is 468 g/mol. The molecule has 0 radical (unpaired) electrons. The number of nitrogens with one attached hydrogen (secondary N) is 2. The Labute approximate surface area is 205 Å². The summed E-state index contributed by atoms with van der Waals surface area (Å²) in [5, 5.41) is 2.62. The van der Waals surface area contributed by atoms with E-state index in [4.69, 9.17) is 0 Å². The second-order valence-electron chi connectivity index (χ2n) is 8.16. The Hall–Kier alpha value is -2.66. The van der Waals surface area contributed by atoms with Crippen LogP contribution in [0, 0.1) is 0 Å². The molecule has 1 fully saturated rings. The maximum atomic E-state index is 12.2. The van der Waals surface area contributed by atoms with Crippen LogP contribution in [0.3, 0.4) is 0 Å². The van der Waals surface area contributed by atoms with Crippen molar-refractivity contribution in [3.05, 3.63) is 69.2 Å². The number of hydrogen-bond donors (Lipinski definition) is 2. The van der Waals surface area contributed by atoms with E-state index in [9.17, 15) is 9.59 Å². The smallest absolute Gasteiger partial charge is 0.259 e. The van der Waals surface area contributed by atoms with Crippen molar-refractivity contribution in [2.45, 2.75) is 10.3 Å². The molecule has 1 aliphatic heterocycles. The normalized spacial score (nSPS) is 15.3. The highest BCUT2D eigenvalue weighted by Crippen LogP contribution is 2.17. The van der Waals surface area contributed by atoms with Crippen molar-refractivity contribution in [3.63, 3.8) is 0 Å². The predicted molar refractivity (Wildman–Crippen MR) is 139 cm³/mol. The van der Waals surface area contributed by atoms with Gasteiger partial charge in [0.05, 0.1) is 21.8 Å². The third-order valence-electron chi connectivity index (χ3n) is 5.94. The minimum Gasteiger partial charge on any atom is -0.301 e. The zero-order valence-electron chi connectivity index (χ0n) is 18.7. The first kappa shape index (κ1) is 23.1. The lowest BCUT2D eigenvalue weighted by Gasteiger charge is -2.34. The van der Waals surface area contributed by atoms with Crippen molar-refractivity contribution in [1.29, 1.82) is 0 Å². The summed E-state index contributed by atoms with van der Waals surface area (Å²) in [6, 6.07) is 14.9. The molecule has 0 atom stereocenters. The predicted octanol–water partition coefficient (Wildman–Crippen LogP) is 2.66. The average molecular weight is 495 g/mol. The molecule has 0 aliphatic carbocycles. The van der Waals surface area contributed by atoms with Crippen LogP contribution < -0.4 is 11.1 Å². The standard InChI is InChI=1S/C24H26N6O2S2/c31-21-17-5-1-3-7-19(17)25-23(27-21)33-15-13-29-9-11-30(12-10-29)14-16-34-24-26-20-8-4-2-6-18(20)22(32)28-24/h1-8H,9-16H2,(H,25,27,31)(H,26,28,32). The largest absolute Gasteiger partial charge is 0.301 e. The van der Waals surface area contributed by atoms with Gasteiger partial charge in [-0.1, -0.05) is 47.8 Å². The Morgan fingerprint density at radius 3 is 1.53 bits per heavy atom. The first-order valence-electron chi connectivity index (χ1n) is 11.3. The Kier molecular flexibility index (Phi) is 7.29. The van der Waals surface area contributed by atoms with Crippen LogP contribution in [0.25, 0.3) is 21.8 Å². The van der Waals surface area contributed by atoms with Gasteiger partial charge < -0.3 is 9.97 Å². The van der Waals surface area contributed by atoms with Gasteiger partial charge in [0, 0.05) is 50.8 Å². The van der Waals surface area contributed by atoms with E-state index in [2.05, 4.69) is 29.7 Å². The van der Waals surface area contributed by atoms with E-state index < -0.39 is 0 Å². The van der Waals surface area contributed by atoms with Crippen molar-refractivity contribution in [1.82, 2.24) is 29.7 Å². The molecule has 0 spiro atoms. The van der Waals surface area contributed by atoms with Crippen molar-refractivity contribution in [3.8, 4) is 0 Å². The van der Waals surface area contributed by atoms with E-state index in [1.165, 1.54) is 0 Å². The zero-order chi connectivity index (χ0) is 23.3. The summed E-state index contributed by atoms with van der Waals surface area (Å²) in [5.74, 6) is 1.77. The average Bonchev–Trinajstić information content (AvgIpc) is 2.85. The molecule has 2 aromatic heterocycles. The molecule has 0 saturated carbocycles. The second kappa shape index (κ2) is 10.7. The summed E-state index contributed by atoms with van der Waals surface area (Å²) in [5.41, 5.74) is 1.32. The molecule has 0 amide bonds. The van der Waals surface area contributed by atoms with E-state index in [0.29, 0.717) is 21.1 Å². The number of thioether (sulfide) groups is 2. The molecule has 4 aromatic rings. The van der Waals surface area contributed by atoms with Gasteiger partial charge in [0.1, 0.15) is 0 Å². The molecule has 0 unspecified atom stereocenters. The fourth-order valence-corrected chi connectivity index (χ4v) is 5.79. The number of piperazine rings is 1. The molecule has 2 N–H and O–H groups in total. The number of aromatic amines is 2. The highest BCUT2D eigenvalue weighted by molar-refractivity contribution is 7.99. The SMILES string of the molecule is O=c1[nH]c(SCCN2CCN(CCSc3nc4ccccc4c(=O)[nH]3)CC2)nc2ccccc12.